The maximum absolute atomic E-state index is 13.9. The molecule has 2 aliphatic rings. The highest BCUT2D eigenvalue weighted by molar-refractivity contribution is 6.00. The molecule has 1 saturated carbocycles. The minimum Gasteiger partial charge on any atom is -0.380 e. The predicted octanol–water partition coefficient (Wildman–Crippen LogP) is 3.01. The Morgan fingerprint density at radius 3 is 2.49 bits per heavy atom. The highest BCUT2D eigenvalue weighted by Crippen LogP contribution is 2.38. The van der Waals surface area contributed by atoms with Crippen molar-refractivity contribution in [1.82, 2.24) is 45.1 Å². The van der Waals surface area contributed by atoms with Crippen molar-refractivity contribution in [2.75, 3.05) is 18.5 Å². The highest BCUT2D eigenvalue weighted by atomic mass is 19.4. The van der Waals surface area contributed by atoms with Crippen LogP contribution in [0.25, 0.3) is 0 Å². The number of nitrogens with zero attached hydrogens (tertiary/aromatic N) is 8. The topological polar surface area (TPSA) is 147 Å². The molecule has 1 aliphatic carbocycles. The number of hydrogen-bond donors (Lipinski definition) is 2. The Morgan fingerprint density at radius 2 is 1.86 bits per heavy atom. The van der Waals surface area contributed by atoms with Gasteiger partial charge in [-0.1, -0.05) is 0 Å². The first-order valence-corrected chi connectivity index (χ1v) is 13.8. The Kier molecular flexibility index (Phi) is 8.49. The van der Waals surface area contributed by atoms with Gasteiger partial charge in [-0.3, -0.25) is 19.0 Å². The van der Waals surface area contributed by atoms with Crippen LogP contribution in [-0.4, -0.2) is 82.9 Å². The SMILES string of the molecule is CC(C)n1nccc1C(=O)N[C@H](C(=O)Nc1cnn(C(c2nnnn2CC(F)(F)F)C2COC2)c1)C1CCC(F)(F)CC1. The Labute approximate surface area is 242 Å². The smallest absolute Gasteiger partial charge is 0.380 e. The summed E-state index contributed by atoms with van der Waals surface area (Å²) in [6.45, 7) is 2.73. The molecule has 234 valence electrons. The number of halogens is 5. The van der Waals surface area contributed by atoms with Crippen molar-refractivity contribution >= 4 is 17.5 Å². The molecule has 2 amide bonds. The van der Waals surface area contributed by atoms with E-state index in [0.29, 0.717) is 4.68 Å². The molecule has 5 rings (SSSR count). The monoisotopic (exact) mass is 614 g/mol. The van der Waals surface area contributed by atoms with Crippen LogP contribution in [0.5, 0.6) is 0 Å². The molecule has 0 spiro atoms. The van der Waals surface area contributed by atoms with Gasteiger partial charge in [0, 0.05) is 37.2 Å². The van der Waals surface area contributed by atoms with Crippen LogP contribution < -0.4 is 10.6 Å². The summed E-state index contributed by atoms with van der Waals surface area (Å²) in [6.07, 6.45) is -1.22. The molecule has 2 N–H and O–H groups in total. The van der Waals surface area contributed by atoms with Gasteiger partial charge in [-0.2, -0.15) is 23.4 Å². The molecule has 43 heavy (non-hydrogen) atoms. The molecule has 1 saturated heterocycles. The van der Waals surface area contributed by atoms with E-state index < -0.39 is 61.3 Å². The fourth-order valence-electron chi connectivity index (χ4n) is 5.38. The minimum absolute atomic E-state index is 0.0136. The molecule has 1 aliphatic heterocycles. The molecular weight excluding hydrogens is 583 g/mol. The van der Waals surface area contributed by atoms with Crippen molar-refractivity contribution in [3.8, 4) is 0 Å². The van der Waals surface area contributed by atoms with Crippen molar-refractivity contribution in [2.24, 2.45) is 11.8 Å². The average Bonchev–Trinajstić information content (AvgIpc) is 3.65. The summed E-state index contributed by atoms with van der Waals surface area (Å²) in [7, 11) is 0. The quantitative estimate of drug-likeness (QED) is 0.332. The summed E-state index contributed by atoms with van der Waals surface area (Å²) in [5.74, 6) is -5.02. The van der Waals surface area contributed by atoms with E-state index >= 15 is 0 Å². The van der Waals surface area contributed by atoms with Gasteiger partial charge in [0.2, 0.25) is 11.8 Å². The fraction of sp³-hybridized carbons (Fsp3) is 0.640. The van der Waals surface area contributed by atoms with Crippen LogP contribution in [0, 0.1) is 11.8 Å². The van der Waals surface area contributed by atoms with E-state index in [-0.39, 0.29) is 55.2 Å². The molecule has 2 atom stereocenters. The lowest BCUT2D eigenvalue weighted by molar-refractivity contribution is -0.144. The standard InChI is InChI=1S/C25H31F5N10O3/c1-14(2)40-18(5-8-31-40)22(41)34-19(15-3-6-24(26,27)7-4-15)23(42)33-17-9-32-38(10-17)20(16-11-43-12-16)21-35-36-37-39(21)13-25(28,29)30/h5,8-10,14-16,19-20H,3-4,6-7,11-13H2,1-2H3,(H,33,42)(H,34,41)/t19-,20?/m0/s1. The number of anilines is 1. The van der Waals surface area contributed by atoms with Gasteiger partial charge in [-0.25, -0.2) is 13.5 Å². The van der Waals surface area contributed by atoms with Gasteiger partial charge in [0.1, 0.15) is 24.3 Å². The average molecular weight is 615 g/mol. The summed E-state index contributed by atoms with van der Waals surface area (Å²) in [5.41, 5.74) is 0.390. The Hall–Kier alpha value is -3.96. The third-order valence-electron chi connectivity index (χ3n) is 7.61. The Bertz CT molecular complexity index is 1420. The molecule has 4 heterocycles. The van der Waals surface area contributed by atoms with E-state index in [1.807, 2.05) is 13.8 Å². The van der Waals surface area contributed by atoms with E-state index in [0.717, 1.165) is 0 Å². The predicted molar refractivity (Wildman–Crippen MR) is 138 cm³/mol. The molecule has 13 nitrogen and oxygen atoms in total. The van der Waals surface area contributed by atoms with Gasteiger partial charge in [-0.15, -0.1) is 5.10 Å². The van der Waals surface area contributed by atoms with Crippen LogP contribution in [0.2, 0.25) is 0 Å². The van der Waals surface area contributed by atoms with Gasteiger partial charge >= 0.3 is 6.18 Å². The molecule has 1 unspecified atom stereocenters. The van der Waals surface area contributed by atoms with Gasteiger partial charge in [0.25, 0.3) is 5.91 Å². The van der Waals surface area contributed by atoms with Crippen molar-refractivity contribution in [3.05, 3.63) is 36.2 Å². The first-order chi connectivity index (χ1) is 20.3. The number of nitrogens with one attached hydrogen (secondary N) is 2. The summed E-state index contributed by atoms with van der Waals surface area (Å²) >= 11 is 0. The number of amides is 2. The van der Waals surface area contributed by atoms with Gasteiger partial charge in [0.15, 0.2) is 5.82 Å². The van der Waals surface area contributed by atoms with E-state index in [9.17, 15) is 31.5 Å². The molecular formula is C25H31F5N10O3. The largest absolute Gasteiger partial charge is 0.408 e. The normalized spacial score (nSPS) is 19.2. The van der Waals surface area contributed by atoms with Crippen molar-refractivity contribution in [3.63, 3.8) is 0 Å². The van der Waals surface area contributed by atoms with E-state index in [2.05, 4.69) is 36.4 Å². The second-order valence-electron chi connectivity index (χ2n) is 11.1. The summed E-state index contributed by atoms with van der Waals surface area (Å²) in [6, 6.07) is -0.630. The fourth-order valence-corrected chi connectivity index (χ4v) is 5.38. The third kappa shape index (κ3) is 7.00. The number of alkyl halides is 5. The number of tetrazole rings is 1. The number of ether oxygens (including phenoxy) is 1. The molecule has 0 bridgehead atoms. The maximum Gasteiger partial charge on any atom is 0.408 e. The number of carbonyl (C=O) groups is 2. The van der Waals surface area contributed by atoms with Crippen molar-refractivity contribution in [2.45, 2.75) is 76.3 Å². The van der Waals surface area contributed by atoms with Crippen molar-refractivity contribution in [1.29, 1.82) is 0 Å². The van der Waals surface area contributed by atoms with Crippen LogP contribution >= 0.6 is 0 Å². The first kappa shape index (κ1) is 30.5. The summed E-state index contributed by atoms with van der Waals surface area (Å²) in [5, 5.41) is 24.5. The number of hydrogen-bond acceptors (Lipinski definition) is 8. The van der Waals surface area contributed by atoms with Crippen LogP contribution in [0.1, 0.15) is 67.9 Å². The Morgan fingerprint density at radius 1 is 1.14 bits per heavy atom. The van der Waals surface area contributed by atoms with Crippen LogP contribution in [-0.2, 0) is 16.1 Å². The lowest BCUT2D eigenvalue weighted by Crippen LogP contribution is -2.50. The van der Waals surface area contributed by atoms with Crippen molar-refractivity contribution < 1.29 is 36.3 Å². The third-order valence-corrected chi connectivity index (χ3v) is 7.61. The zero-order valence-corrected chi connectivity index (χ0v) is 23.3. The molecule has 3 aromatic rings. The molecule has 2 fully saturated rings. The highest BCUT2D eigenvalue weighted by Gasteiger charge is 2.41. The second kappa shape index (κ2) is 12.0. The van der Waals surface area contributed by atoms with E-state index in [1.54, 1.807) is 0 Å². The lowest BCUT2D eigenvalue weighted by atomic mass is 9.81. The minimum atomic E-state index is -4.57. The van der Waals surface area contributed by atoms with E-state index in [1.165, 1.54) is 34.0 Å². The van der Waals surface area contributed by atoms with Crippen LogP contribution in [0.3, 0.4) is 0 Å². The second-order valence-corrected chi connectivity index (χ2v) is 11.1. The molecule has 0 aromatic carbocycles. The summed E-state index contributed by atoms with van der Waals surface area (Å²) in [4.78, 5) is 26.8. The van der Waals surface area contributed by atoms with Gasteiger partial charge in [-0.05, 0) is 49.1 Å². The van der Waals surface area contributed by atoms with E-state index in [4.69, 9.17) is 4.74 Å². The molecule has 3 aromatic heterocycles. The summed E-state index contributed by atoms with van der Waals surface area (Å²) < 4.78 is 76.0. The lowest BCUT2D eigenvalue weighted by Gasteiger charge is -2.33. The number of aromatic nitrogens is 8. The van der Waals surface area contributed by atoms with Gasteiger partial charge in [0.05, 0.1) is 25.1 Å². The molecule has 0 radical (unpaired) electrons. The molecule has 18 heteroatoms. The van der Waals surface area contributed by atoms with Crippen LogP contribution in [0.4, 0.5) is 27.6 Å². The maximum atomic E-state index is 13.9. The Balaban J connectivity index is 1.36. The first-order valence-electron chi connectivity index (χ1n) is 13.8. The zero-order chi connectivity index (χ0) is 30.9. The van der Waals surface area contributed by atoms with Crippen LogP contribution in [0.15, 0.2) is 24.7 Å². The van der Waals surface area contributed by atoms with Gasteiger partial charge < -0.3 is 15.4 Å². The number of rotatable bonds is 10. The zero-order valence-electron chi connectivity index (χ0n) is 23.3. The number of carbonyl (C=O) groups excluding carboxylic acids is 2.